The predicted octanol–water partition coefficient (Wildman–Crippen LogP) is 11.2. The van der Waals surface area contributed by atoms with E-state index in [1.807, 2.05) is 4.90 Å². The molecule has 2 saturated heterocycles. The van der Waals surface area contributed by atoms with E-state index in [0.717, 1.165) is 12.8 Å². The quantitative estimate of drug-likeness (QED) is 0.0319. The van der Waals surface area contributed by atoms with E-state index in [-0.39, 0.29) is 80.3 Å². The highest BCUT2D eigenvalue weighted by Crippen LogP contribution is 2.38. The first kappa shape index (κ1) is 65.7. The molecule has 0 bridgehead atoms. The summed E-state index contributed by atoms with van der Waals surface area (Å²) < 4.78 is 71.1. The molecular formula is C62H76Br2F2N10O11. The van der Waals surface area contributed by atoms with E-state index in [9.17, 15) is 28.0 Å². The number of carbonyl (C=O) groups excluding carboxylic acids is 4. The monoisotopic (exact) mass is 1330 g/mol. The maximum absolute atomic E-state index is 14.7. The Kier molecular flexibility index (Phi) is 24.3. The van der Waals surface area contributed by atoms with E-state index in [2.05, 4.69) is 73.1 Å². The van der Waals surface area contributed by atoms with Gasteiger partial charge in [0.1, 0.15) is 47.6 Å². The normalized spacial score (nSPS) is 14.4. The molecule has 6 aromatic rings. The Hall–Kier alpha value is -7.22. The molecular weight excluding hydrogens is 1260 g/mol. The molecule has 2 fully saturated rings. The van der Waals surface area contributed by atoms with Crippen LogP contribution >= 0.6 is 31.9 Å². The molecule has 0 spiro atoms. The number of carbonyl (C=O) groups is 4. The number of amides is 4. The van der Waals surface area contributed by atoms with Gasteiger partial charge in [-0.25, -0.2) is 33.5 Å². The van der Waals surface area contributed by atoms with Crippen LogP contribution < -0.4 is 40.2 Å². The fraction of sp³-hybridized carbons (Fsp3) is 0.484. The number of rotatable bonds is 29. The number of benzene rings is 4. The van der Waals surface area contributed by atoms with Gasteiger partial charge in [0, 0.05) is 77.4 Å². The van der Waals surface area contributed by atoms with Crippen LogP contribution in [0.3, 0.4) is 0 Å². The van der Waals surface area contributed by atoms with Crippen molar-refractivity contribution < 1.29 is 61.1 Å². The van der Waals surface area contributed by atoms with Gasteiger partial charge in [0.15, 0.2) is 23.0 Å². The van der Waals surface area contributed by atoms with Crippen LogP contribution in [0.2, 0.25) is 0 Å². The molecule has 2 aliphatic rings. The standard InChI is InChI=1S/C62H76Br2F2N10O11/c1-62(2,3)87-61(80)67-20-26-84-28-27-83-25-19-56(77)72-49(60(79)76-23-17-40(18-24-76)36-86-55-34-51-44(32-53(55)82-5)59(71-38-69-51)74-48-14-12-42(64)30-46(48)66)9-7-6-8-10-57(78)75-21-15-39(16-22-75)35-85-54-33-50-43(31-52(54)81-4)58(70-37-68-50)73-47-13-11-41(63)29-45(47)65/h11-14,29-34,37-40,49H,6-10,15-28,35-36H2,1-5H3,(H,67,80)(H,72,77)(H,68,70,73)(H,69,71,74). The molecule has 4 heterocycles. The van der Waals surface area contributed by atoms with Crippen LogP contribution in [-0.2, 0) is 28.6 Å². The number of hydrogen-bond acceptors (Lipinski definition) is 17. The van der Waals surface area contributed by atoms with Crippen LogP contribution in [0.25, 0.3) is 21.8 Å². The molecule has 4 amide bonds. The highest BCUT2D eigenvalue weighted by Gasteiger charge is 2.31. The van der Waals surface area contributed by atoms with Crippen LogP contribution in [0.4, 0.5) is 36.6 Å². The minimum Gasteiger partial charge on any atom is -0.493 e. The number of methoxy groups -OCH3 is 2. The molecule has 1 atom stereocenters. The Morgan fingerprint density at radius 1 is 0.632 bits per heavy atom. The zero-order valence-corrected chi connectivity index (χ0v) is 52.9. The van der Waals surface area contributed by atoms with Crippen LogP contribution in [0.5, 0.6) is 23.0 Å². The zero-order chi connectivity index (χ0) is 61.9. The Bertz CT molecular complexity index is 3310. The van der Waals surface area contributed by atoms with Gasteiger partial charge in [-0.15, -0.1) is 0 Å². The molecule has 0 aliphatic carbocycles. The topological polar surface area (TPSA) is 239 Å². The van der Waals surface area contributed by atoms with Gasteiger partial charge in [-0.1, -0.05) is 44.7 Å². The Morgan fingerprint density at radius 2 is 1.15 bits per heavy atom. The fourth-order valence-electron chi connectivity index (χ4n) is 10.1. The number of alkyl carbamates (subject to hydrolysis) is 1. The molecule has 0 saturated carbocycles. The summed E-state index contributed by atoms with van der Waals surface area (Å²) in [5.74, 6) is 1.83. The first-order chi connectivity index (χ1) is 41.9. The van der Waals surface area contributed by atoms with Crippen molar-refractivity contribution >= 4 is 100 Å². The SMILES string of the molecule is COc1cc2c(Nc3ccc(Br)cc3F)ncnc2cc1OCC1CCN(C(=O)CCCCCC(NC(=O)CCOCCOCCNC(=O)OC(C)(C)C)C(=O)N2CCC(COc3cc4ncnc(Nc5ccc(Br)cc5F)c4cc3OC)CC2)CC1. The van der Waals surface area contributed by atoms with Gasteiger partial charge in [0.2, 0.25) is 17.7 Å². The third-order valence-corrected chi connectivity index (χ3v) is 15.8. The number of piperidine rings is 2. The second kappa shape index (κ2) is 32.1. The first-order valence-electron chi connectivity index (χ1n) is 29.3. The van der Waals surface area contributed by atoms with Crippen molar-refractivity contribution in [1.29, 1.82) is 0 Å². The number of unbranched alkanes of at least 4 members (excludes halogenated alkanes) is 2. The summed E-state index contributed by atoms with van der Waals surface area (Å²) >= 11 is 6.58. The highest BCUT2D eigenvalue weighted by molar-refractivity contribution is 9.10. The molecule has 4 N–H and O–H groups in total. The smallest absolute Gasteiger partial charge is 0.407 e. The van der Waals surface area contributed by atoms with E-state index in [1.54, 1.807) is 88.4 Å². The summed E-state index contributed by atoms with van der Waals surface area (Å²) in [5, 5.41) is 13.0. The summed E-state index contributed by atoms with van der Waals surface area (Å²) in [6.07, 6.45) is 7.91. The summed E-state index contributed by atoms with van der Waals surface area (Å²) in [6.45, 7) is 9.45. The maximum atomic E-state index is 14.7. The number of ether oxygens (including phenoxy) is 7. The third kappa shape index (κ3) is 19.6. The minimum absolute atomic E-state index is 0.0384. The van der Waals surface area contributed by atoms with Crippen molar-refractivity contribution in [2.75, 3.05) is 97.2 Å². The van der Waals surface area contributed by atoms with E-state index in [0.29, 0.717) is 150 Å². The number of halogens is 4. The second-order valence-electron chi connectivity index (χ2n) is 22.3. The van der Waals surface area contributed by atoms with Gasteiger partial charge in [0.25, 0.3) is 0 Å². The molecule has 4 aromatic carbocycles. The average molecular weight is 1340 g/mol. The van der Waals surface area contributed by atoms with E-state index in [1.165, 1.54) is 24.8 Å². The minimum atomic E-state index is -0.766. The predicted molar refractivity (Wildman–Crippen MR) is 332 cm³/mol. The van der Waals surface area contributed by atoms with Crippen molar-refractivity contribution in [2.45, 2.75) is 96.6 Å². The second-order valence-corrected chi connectivity index (χ2v) is 24.2. The van der Waals surface area contributed by atoms with Crippen molar-refractivity contribution in [3.8, 4) is 23.0 Å². The van der Waals surface area contributed by atoms with Gasteiger partial charge in [-0.2, -0.15) is 0 Å². The molecule has 87 heavy (non-hydrogen) atoms. The maximum Gasteiger partial charge on any atom is 0.407 e. The largest absolute Gasteiger partial charge is 0.493 e. The number of anilines is 4. The Balaban J connectivity index is 0.785. The van der Waals surface area contributed by atoms with Crippen molar-refractivity contribution in [3.05, 3.63) is 93.9 Å². The Morgan fingerprint density at radius 3 is 1.66 bits per heavy atom. The van der Waals surface area contributed by atoms with Crippen LogP contribution in [0.15, 0.2) is 82.3 Å². The lowest BCUT2D eigenvalue weighted by Gasteiger charge is -2.34. The number of nitrogens with one attached hydrogen (secondary N) is 4. The lowest BCUT2D eigenvalue weighted by molar-refractivity contribution is -0.138. The third-order valence-electron chi connectivity index (χ3n) is 14.8. The summed E-state index contributed by atoms with van der Waals surface area (Å²) in [6, 6.07) is 15.8. The molecule has 8 rings (SSSR count). The van der Waals surface area contributed by atoms with Crippen LogP contribution in [0, 0.1) is 23.5 Å². The zero-order valence-electron chi connectivity index (χ0n) is 49.7. The summed E-state index contributed by atoms with van der Waals surface area (Å²) in [4.78, 5) is 74.3. The summed E-state index contributed by atoms with van der Waals surface area (Å²) in [7, 11) is 3.09. The van der Waals surface area contributed by atoms with Gasteiger partial charge in [0.05, 0.1) is 76.3 Å². The van der Waals surface area contributed by atoms with Gasteiger partial charge in [-0.05, 0) is 120 Å². The summed E-state index contributed by atoms with van der Waals surface area (Å²) in [5.41, 5.74) is 1.09. The van der Waals surface area contributed by atoms with Crippen molar-refractivity contribution in [1.82, 2.24) is 40.4 Å². The number of nitrogens with zero attached hydrogens (tertiary/aromatic N) is 6. The van der Waals surface area contributed by atoms with E-state index < -0.39 is 29.4 Å². The van der Waals surface area contributed by atoms with Gasteiger partial charge >= 0.3 is 6.09 Å². The molecule has 468 valence electrons. The van der Waals surface area contributed by atoms with Crippen LogP contribution in [0.1, 0.15) is 85.0 Å². The molecule has 1 unspecified atom stereocenters. The average Bonchev–Trinajstić information content (AvgIpc) is 1.61. The lowest BCUT2D eigenvalue weighted by Crippen LogP contribution is -2.51. The number of aromatic nitrogens is 4. The molecule has 21 nitrogen and oxygen atoms in total. The molecule has 2 aromatic heterocycles. The fourth-order valence-corrected chi connectivity index (χ4v) is 10.8. The first-order valence-corrected chi connectivity index (χ1v) is 30.9. The molecule has 0 radical (unpaired) electrons. The van der Waals surface area contributed by atoms with Crippen molar-refractivity contribution in [2.24, 2.45) is 11.8 Å². The Labute approximate surface area is 521 Å². The molecule has 25 heteroatoms. The van der Waals surface area contributed by atoms with E-state index >= 15 is 0 Å². The van der Waals surface area contributed by atoms with E-state index in [4.69, 9.17) is 33.2 Å². The van der Waals surface area contributed by atoms with Crippen molar-refractivity contribution in [3.63, 3.8) is 0 Å². The number of likely N-dealkylation sites (tertiary alicyclic amines) is 2. The molecule has 2 aliphatic heterocycles. The highest BCUT2D eigenvalue weighted by atomic mass is 79.9. The van der Waals surface area contributed by atoms with Gasteiger partial charge in [-0.3, -0.25) is 14.4 Å². The number of fused-ring (bicyclic) bond motifs is 2. The van der Waals surface area contributed by atoms with Crippen LogP contribution in [-0.4, -0.2) is 152 Å². The lowest BCUT2D eigenvalue weighted by atomic mass is 9.96. The van der Waals surface area contributed by atoms with Gasteiger partial charge < -0.3 is 64.2 Å². The number of hydrogen-bond donors (Lipinski definition) is 4.